The third kappa shape index (κ3) is 4.20. The average molecular weight is 501 g/mol. The lowest BCUT2D eigenvalue weighted by Gasteiger charge is -2.25. The molecule has 1 aliphatic rings. The van der Waals surface area contributed by atoms with E-state index in [9.17, 15) is 13.2 Å². The Hall–Kier alpha value is -2.86. The third-order valence-electron chi connectivity index (χ3n) is 6.08. The lowest BCUT2D eigenvalue weighted by molar-refractivity contribution is 0.0925. The molecule has 3 heterocycles. The molecule has 2 aromatic heterocycles. The summed E-state index contributed by atoms with van der Waals surface area (Å²) in [5.41, 5.74) is 2.10. The predicted molar refractivity (Wildman–Crippen MR) is 130 cm³/mol. The highest BCUT2D eigenvalue weighted by atomic mass is 32.2. The number of rotatable bonds is 7. The molecule has 4 aromatic rings. The van der Waals surface area contributed by atoms with Crippen molar-refractivity contribution in [3.05, 3.63) is 57.9 Å². The molecule has 0 amide bonds. The summed E-state index contributed by atoms with van der Waals surface area (Å²) in [6.45, 7) is 2.38. The van der Waals surface area contributed by atoms with E-state index in [1.165, 1.54) is 4.31 Å². The summed E-state index contributed by atoms with van der Waals surface area (Å²) in [6, 6.07) is 10.5. The Labute approximate surface area is 200 Å². The lowest BCUT2D eigenvalue weighted by atomic mass is 10.1. The van der Waals surface area contributed by atoms with Crippen LogP contribution in [0.3, 0.4) is 0 Å². The number of aromatic amines is 1. The molecule has 0 aliphatic carbocycles. The van der Waals surface area contributed by atoms with Crippen LogP contribution in [-0.4, -0.2) is 52.8 Å². The number of ether oxygens (including phenoxy) is 2. The first kappa shape index (κ1) is 22.9. The van der Waals surface area contributed by atoms with E-state index in [0.29, 0.717) is 40.0 Å². The fraction of sp³-hybridized carbons (Fsp3) is 0.348. The summed E-state index contributed by atoms with van der Waals surface area (Å²) in [5.74, 6) is 0.646. The molecule has 2 aromatic carbocycles. The van der Waals surface area contributed by atoms with Crippen LogP contribution in [0.25, 0.3) is 21.9 Å². The average Bonchev–Trinajstić information content (AvgIpc) is 3.50. The van der Waals surface area contributed by atoms with Crippen LogP contribution >= 0.6 is 11.7 Å². The molecule has 178 valence electrons. The van der Waals surface area contributed by atoms with E-state index < -0.39 is 10.0 Å². The van der Waals surface area contributed by atoms with Crippen molar-refractivity contribution in [2.24, 2.45) is 0 Å². The zero-order chi connectivity index (χ0) is 23.9. The Bertz CT molecular complexity index is 1520. The second kappa shape index (κ2) is 9.06. The Morgan fingerprint density at radius 3 is 2.85 bits per heavy atom. The summed E-state index contributed by atoms with van der Waals surface area (Å²) < 4.78 is 48.9. The van der Waals surface area contributed by atoms with Crippen LogP contribution in [0, 0.1) is 6.92 Å². The highest BCUT2D eigenvalue weighted by Gasteiger charge is 2.33. The van der Waals surface area contributed by atoms with Crippen molar-refractivity contribution < 1.29 is 17.9 Å². The Kier molecular flexibility index (Phi) is 6.11. The topological polar surface area (TPSA) is 114 Å². The van der Waals surface area contributed by atoms with Gasteiger partial charge in [0.25, 0.3) is 5.56 Å². The van der Waals surface area contributed by atoms with Crippen LogP contribution in [0.4, 0.5) is 0 Å². The van der Waals surface area contributed by atoms with Gasteiger partial charge in [-0.05, 0) is 55.7 Å². The van der Waals surface area contributed by atoms with Gasteiger partial charge in [0, 0.05) is 36.2 Å². The number of pyridine rings is 1. The first-order chi connectivity index (χ1) is 16.4. The molecule has 1 saturated heterocycles. The molecule has 0 bridgehead atoms. The fourth-order valence-corrected chi connectivity index (χ4v) is 6.71. The second-order valence-corrected chi connectivity index (χ2v) is 10.8. The van der Waals surface area contributed by atoms with Gasteiger partial charge in [0.15, 0.2) is 0 Å². The van der Waals surface area contributed by atoms with Crippen LogP contribution in [0.1, 0.15) is 24.0 Å². The fourth-order valence-electron chi connectivity index (χ4n) is 4.31. The molecule has 34 heavy (non-hydrogen) atoms. The van der Waals surface area contributed by atoms with E-state index in [1.807, 2.05) is 0 Å². The highest BCUT2D eigenvalue weighted by molar-refractivity contribution is 7.89. The second-order valence-electron chi connectivity index (χ2n) is 8.35. The van der Waals surface area contributed by atoms with Crippen molar-refractivity contribution in [1.29, 1.82) is 0 Å². The number of sulfonamides is 1. The number of methoxy groups -OCH3 is 1. The molecule has 11 heteroatoms. The van der Waals surface area contributed by atoms with Gasteiger partial charge in [0.05, 0.1) is 24.9 Å². The Morgan fingerprint density at radius 2 is 2.09 bits per heavy atom. The zero-order valence-electron chi connectivity index (χ0n) is 18.8. The number of hydrogen-bond donors (Lipinski definition) is 1. The minimum Gasteiger partial charge on any atom is -0.497 e. The number of fused-ring (bicyclic) bond motifs is 2. The van der Waals surface area contributed by atoms with Crippen molar-refractivity contribution in [2.45, 2.75) is 37.3 Å². The van der Waals surface area contributed by atoms with Crippen molar-refractivity contribution in [2.75, 3.05) is 20.3 Å². The van der Waals surface area contributed by atoms with Crippen molar-refractivity contribution in [1.82, 2.24) is 18.0 Å². The van der Waals surface area contributed by atoms with E-state index in [4.69, 9.17) is 9.47 Å². The number of aryl methyl sites for hydroxylation is 1. The standard InChI is InChI=1S/C23H24N4O5S2/c1-14-5-7-20-21(26-33-25-20)22(14)34(29,30)27(13-18-4-3-9-32-18)12-16-10-15-11-17(31-2)6-8-19(15)24-23(16)28/h5-8,10-11,18H,3-4,9,12-13H2,1-2H3,(H,24,28)/t18-/m1/s1. The third-order valence-corrected chi connectivity index (χ3v) is 8.61. The molecule has 1 aliphatic heterocycles. The normalized spacial score (nSPS) is 16.6. The predicted octanol–water partition coefficient (Wildman–Crippen LogP) is 3.22. The molecular formula is C23H24N4O5S2. The van der Waals surface area contributed by atoms with Crippen LogP contribution < -0.4 is 10.3 Å². The summed E-state index contributed by atoms with van der Waals surface area (Å²) in [6.07, 6.45) is 1.40. The van der Waals surface area contributed by atoms with Gasteiger partial charge in [-0.1, -0.05) is 6.07 Å². The summed E-state index contributed by atoms with van der Waals surface area (Å²) in [4.78, 5) is 15.9. The molecule has 1 N–H and O–H groups in total. The highest BCUT2D eigenvalue weighted by Crippen LogP contribution is 2.30. The molecule has 9 nitrogen and oxygen atoms in total. The van der Waals surface area contributed by atoms with E-state index >= 15 is 0 Å². The molecule has 0 unspecified atom stereocenters. The van der Waals surface area contributed by atoms with Crippen LogP contribution in [0.5, 0.6) is 5.75 Å². The van der Waals surface area contributed by atoms with Crippen molar-refractivity contribution in [3.8, 4) is 5.75 Å². The van der Waals surface area contributed by atoms with E-state index in [-0.39, 0.29) is 29.6 Å². The zero-order valence-corrected chi connectivity index (χ0v) is 20.4. The smallest absolute Gasteiger partial charge is 0.252 e. The Balaban J connectivity index is 1.60. The van der Waals surface area contributed by atoms with Gasteiger partial charge >= 0.3 is 0 Å². The maximum absolute atomic E-state index is 14.0. The number of nitrogens with zero attached hydrogens (tertiary/aromatic N) is 3. The van der Waals surface area contributed by atoms with Gasteiger partial charge in [0.2, 0.25) is 10.0 Å². The van der Waals surface area contributed by atoms with Gasteiger partial charge in [-0.3, -0.25) is 4.79 Å². The van der Waals surface area contributed by atoms with Crippen molar-refractivity contribution in [3.63, 3.8) is 0 Å². The quantitative estimate of drug-likeness (QED) is 0.414. The summed E-state index contributed by atoms with van der Waals surface area (Å²) in [5, 5.41) is 0.755. The monoisotopic (exact) mass is 500 g/mol. The molecular weight excluding hydrogens is 476 g/mol. The Morgan fingerprint density at radius 1 is 1.24 bits per heavy atom. The van der Waals surface area contributed by atoms with Crippen molar-refractivity contribution >= 4 is 43.7 Å². The van der Waals surface area contributed by atoms with Gasteiger partial charge in [-0.25, -0.2) is 8.42 Å². The summed E-state index contributed by atoms with van der Waals surface area (Å²) >= 11 is 0.973. The van der Waals surface area contributed by atoms with Crippen LogP contribution in [0.2, 0.25) is 0 Å². The maximum Gasteiger partial charge on any atom is 0.252 e. The lowest BCUT2D eigenvalue weighted by Crippen LogP contribution is -2.38. The molecule has 1 fully saturated rings. The SMILES string of the molecule is COc1ccc2[nH]c(=O)c(CN(C[C@H]3CCCO3)S(=O)(=O)c3c(C)ccc4nsnc34)cc2c1. The van der Waals surface area contributed by atoms with Crippen LogP contribution in [-0.2, 0) is 21.3 Å². The first-order valence-corrected chi connectivity index (χ1v) is 13.1. The minimum atomic E-state index is -4.02. The molecule has 1 atom stereocenters. The molecule has 0 saturated carbocycles. The van der Waals surface area contributed by atoms with Crippen LogP contribution in [0.15, 0.2) is 46.1 Å². The van der Waals surface area contributed by atoms with Gasteiger partial charge < -0.3 is 14.5 Å². The van der Waals surface area contributed by atoms with Gasteiger partial charge in [-0.2, -0.15) is 13.1 Å². The number of benzene rings is 2. The van der Waals surface area contributed by atoms with Gasteiger partial charge in [0.1, 0.15) is 21.7 Å². The molecule has 5 rings (SSSR count). The number of nitrogens with one attached hydrogen (secondary N) is 1. The van der Waals surface area contributed by atoms with E-state index in [0.717, 1.165) is 30.0 Å². The summed E-state index contributed by atoms with van der Waals surface area (Å²) in [7, 11) is -2.45. The van der Waals surface area contributed by atoms with Gasteiger partial charge in [-0.15, -0.1) is 0 Å². The maximum atomic E-state index is 14.0. The number of aromatic nitrogens is 3. The first-order valence-electron chi connectivity index (χ1n) is 10.9. The number of hydrogen-bond acceptors (Lipinski definition) is 8. The van der Waals surface area contributed by atoms with E-state index in [1.54, 1.807) is 50.4 Å². The minimum absolute atomic E-state index is 0.0991. The van der Waals surface area contributed by atoms with E-state index in [2.05, 4.69) is 13.7 Å². The largest absolute Gasteiger partial charge is 0.497 e. The molecule has 0 radical (unpaired) electrons. The number of H-pyrrole nitrogens is 1. The molecule has 0 spiro atoms.